The van der Waals surface area contributed by atoms with Gasteiger partial charge in [-0.25, -0.2) is 9.59 Å². The zero-order valence-electron chi connectivity index (χ0n) is 11.2. The van der Waals surface area contributed by atoms with Crippen molar-refractivity contribution in [3.8, 4) is 0 Å². The number of carbonyl (C=O) groups is 3. The number of Topliss-reactive ketones (excluding diaryl/α,β-unsaturated/α-hetero) is 1. The van der Waals surface area contributed by atoms with Gasteiger partial charge in [-0.3, -0.25) is 14.9 Å². The smallest absolute Gasteiger partial charge is 0.342 e. The highest BCUT2D eigenvalue weighted by Gasteiger charge is 2.27. The van der Waals surface area contributed by atoms with Crippen LogP contribution in [-0.2, 0) is 19.1 Å². The molecule has 0 aliphatic heterocycles. The van der Waals surface area contributed by atoms with Crippen molar-refractivity contribution in [3.05, 3.63) is 51.6 Å². The predicted octanol–water partition coefficient (Wildman–Crippen LogP) is 1.05. The third kappa shape index (κ3) is 3.72. The van der Waals surface area contributed by atoms with Crippen molar-refractivity contribution in [2.45, 2.75) is 0 Å². The molecule has 0 unspecified atom stereocenters. The standard InChI is InChI=1S/C13H11NO7/c1-20-11(15)7-9(13(17)21-2)12(16)8-5-3-4-6-10(8)14(18)19/h3-7H,1-2H3/b9-7+. The Balaban J connectivity index is 3.37. The fraction of sp³-hybridized carbons (Fsp3) is 0.154. The minimum atomic E-state index is -1.09. The Hall–Kier alpha value is -3.03. The van der Waals surface area contributed by atoms with Gasteiger partial charge >= 0.3 is 11.9 Å². The molecular weight excluding hydrogens is 282 g/mol. The van der Waals surface area contributed by atoms with Gasteiger partial charge in [-0.15, -0.1) is 0 Å². The van der Waals surface area contributed by atoms with E-state index >= 15 is 0 Å². The van der Waals surface area contributed by atoms with Crippen LogP contribution in [0, 0.1) is 10.1 Å². The van der Waals surface area contributed by atoms with Crippen molar-refractivity contribution in [3.63, 3.8) is 0 Å². The van der Waals surface area contributed by atoms with Gasteiger partial charge < -0.3 is 9.47 Å². The zero-order chi connectivity index (χ0) is 16.0. The second kappa shape index (κ2) is 6.94. The van der Waals surface area contributed by atoms with E-state index in [0.29, 0.717) is 6.08 Å². The van der Waals surface area contributed by atoms with E-state index in [2.05, 4.69) is 9.47 Å². The lowest BCUT2D eigenvalue weighted by atomic mass is 10.0. The molecule has 21 heavy (non-hydrogen) atoms. The number of carbonyl (C=O) groups excluding carboxylic acids is 3. The molecule has 0 aromatic heterocycles. The van der Waals surface area contributed by atoms with E-state index in [1.54, 1.807) is 0 Å². The average Bonchev–Trinajstić information content (AvgIpc) is 2.50. The van der Waals surface area contributed by atoms with Gasteiger partial charge in [-0.05, 0) is 6.07 Å². The summed E-state index contributed by atoms with van der Waals surface area (Å²) in [6, 6.07) is 5.05. The molecule has 1 aromatic carbocycles. The van der Waals surface area contributed by atoms with Crippen LogP contribution in [0.5, 0.6) is 0 Å². The van der Waals surface area contributed by atoms with Crippen molar-refractivity contribution in [1.29, 1.82) is 0 Å². The summed E-state index contributed by atoms with van der Waals surface area (Å²) >= 11 is 0. The van der Waals surface area contributed by atoms with Crippen molar-refractivity contribution >= 4 is 23.4 Å². The Kier molecular flexibility index (Phi) is 5.30. The zero-order valence-corrected chi connectivity index (χ0v) is 11.2. The number of hydrogen-bond donors (Lipinski definition) is 0. The molecule has 0 saturated heterocycles. The number of para-hydroxylation sites is 1. The van der Waals surface area contributed by atoms with Crippen LogP contribution in [0.15, 0.2) is 35.9 Å². The number of esters is 2. The first kappa shape index (κ1) is 16.0. The lowest BCUT2D eigenvalue weighted by molar-refractivity contribution is -0.385. The fourth-order valence-electron chi connectivity index (χ4n) is 1.47. The largest absolute Gasteiger partial charge is 0.466 e. The monoisotopic (exact) mass is 293 g/mol. The van der Waals surface area contributed by atoms with Crippen LogP contribution in [0.1, 0.15) is 10.4 Å². The Labute approximate surface area is 119 Å². The molecular formula is C13H11NO7. The van der Waals surface area contributed by atoms with Crippen molar-refractivity contribution < 1.29 is 28.8 Å². The predicted molar refractivity (Wildman–Crippen MR) is 69.5 cm³/mol. The summed E-state index contributed by atoms with van der Waals surface area (Å²) < 4.78 is 8.72. The van der Waals surface area contributed by atoms with Crippen LogP contribution >= 0.6 is 0 Å². The molecule has 110 valence electrons. The molecule has 0 aliphatic carbocycles. The Morgan fingerprint density at radius 3 is 2.29 bits per heavy atom. The van der Waals surface area contributed by atoms with Crippen molar-refractivity contribution in [2.24, 2.45) is 0 Å². The number of benzene rings is 1. The van der Waals surface area contributed by atoms with E-state index in [1.165, 1.54) is 18.2 Å². The quantitative estimate of drug-likeness (QED) is 0.152. The van der Waals surface area contributed by atoms with Crippen molar-refractivity contribution in [1.82, 2.24) is 0 Å². The molecule has 0 spiro atoms. The number of nitro benzene ring substituents is 1. The molecule has 0 radical (unpaired) electrons. The van der Waals surface area contributed by atoms with E-state index in [9.17, 15) is 24.5 Å². The molecule has 1 aromatic rings. The number of rotatable bonds is 5. The van der Waals surface area contributed by atoms with Crippen LogP contribution in [0.4, 0.5) is 5.69 Å². The second-order valence-corrected chi connectivity index (χ2v) is 3.68. The van der Waals surface area contributed by atoms with E-state index in [-0.39, 0.29) is 5.56 Å². The Bertz CT molecular complexity index is 633. The molecule has 0 saturated carbocycles. The van der Waals surface area contributed by atoms with Gasteiger partial charge in [0.05, 0.1) is 19.1 Å². The first-order valence-corrected chi connectivity index (χ1v) is 5.58. The fourth-order valence-corrected chi connectivity index (χ4v) is 1.47. The summed E-state index contributed by atoms with van der Waals surface area (Å²) in [6.07, 6.45) is 0.630. The Morgan fingerprint density at radius 1 is 1.14 bits per heavy atom. The number of hydrogen-bond acceptors (Lipinski definition) is 7. The van der Waals surface area contributed by atoms with E-state index in [4.69, 9.17) is 0 Å². The van der Waals surface area contributed by atoms with Gasteiger partial charge in [-0.2, -0.15) is 0 Å². The SMILES string of the molecule is COC(=O)/C=C(/C(=O)OC)C(=O)c1ccccc1[N+](=O)[O-]. The number of methoxy groups -OCH3 is 2. The summed E-state index contributed by atoms with van der Waals surface area (Å²) in [6.45, 7) is 0. The molecule has 0 N–H and O–H groups in total. The van der Waals surface area contributed by atoms with E-state index in [1.807, 2.05) is 0 Å². The number of ketones is 1. The molecule has 0 atom stereocenters. The molecule has 0 bridgehead atoms. The molecule has 0 heterocycles. The lowest BCUT2D eigenvalue weighted by Crippen LogP contribution is -2.18. The first-order valence-electron chi connectivity index (χ1n) is 5.58. The molecule has 0 fully saturated rings. The van der Waals surface area contributed by atoms with Gasteiger partial charge in [0, 0.05) is 12.1 Å². The molecule has 8 heteroatoms. The Morgan fingerprint density at radius 2 is 1.76 bits per heavy atom. The first-order chi connectivity index (χ1) is 9.92. The highest BCUT2D eigenvalue weighted by molar-refractivity contribution is 6.27. The van der Waals surface area contributed by atoms with Crippen LogP contribution in [-0.4, -0.2) is 36.9 Å². The maximum atomic E-state index is 12.2. The highest BCUT2D eigenvalue weighted by atomic mass is 16.6. The second-order valence-electron chi connectivity index (χ2n) is 3.68. The van der Waals surface area contributed by atoms with E-state index in [0.717, 1.165) is 20.3 Å². The van der Waals surface area contributed by atoms with Crippen LogP contribution in [0.25, 0.3) is 0 Å². The third-order valence-electron chi connectivity index (χ3n) is 2.46. The lowest BCUT2D eigenvalue weighted by Gasteiger charge is -2.05. The number of ether oxygens (including phenoxy) is 2. The molecule has 0 amide bonds. The van der Waals surface area contributed by atoms with Gasteiger partial charge in [0.2, 0.25) is 5.78 Å². The number of nitrogens with zero attached hydrogens (tertiary/aromatic N) is 1. The summed E-state index contributed by atoms with van der Waals surface area (Å²) in [7, 11) is 2.07. The van der Waals surface area contributed by atoms with Crippen molar-refractivity contribution in [2.75, 3.05) is 14.2 Å². The topological polar surface area (TPSA) is 113 Å². The van der Waals surface area contributed by atoms with Gasteiger partial charge in [0.1, 0.15) is 11.1 Å². The minimum absolute atomic E-state index is 0.331. The molecule has 1 rings (SSSR count). The van der Waals surface area contributed by atoms with Gasteiger partial charge in [0.15, 0.2) is 0 Å². The molecule has 0 aliphatic rings. The normalized spacial score (nSPS) is 10.7. The molecule has 8 nitrogen and oxygen atoms in total. The van der Waals surface area contributed by atoms with Gasteiger partial charge in [0.25, 0.3) is 5.69 Å². The number of nitro groups is 1. The summed E-state index contributed by atoms with van der Waals surface area (Å²) in [5, 5.41) is 10.9. The maximum Gasteiger partial charge on any atom is 0.342 e. The van der Waals surface area contributed by atoms with Crippen LogP contribution in [0.2, 0.25) is 0 Å². The van der Waals surface area contributed by atoms with Gasteiger partial charge in [-0.1, -0.05) is 12.1 Å². The summed E-state index contributed by atoms with van der Waals surface area (Å²) in [5.41, 5.74) is -1.47. The average molecular weight is 293 g/mol. The van der Waals surface area contributed by atoms with Crippen LogP contribution < -0.4 is 0 Å². The minimum Gasteiger partial charge on any atom is -0.466 e. The highest BCUT2D eigenvalue weighted by Crippen LogP contribution is 2.21. The maximum absolute atomic E-state index is 12.2. The van der Waals surface area contributed by atoms with E-state index < -0.39 is 33.9 Å². The van der Waals surface area contributed by atoms with Crippen LogP contribution in [0.3, 0.4) is 0 Å². The third-order valence-corrected chi connectivity index (χ3v) is 2.46. The summed E-state index contributed by atoms with van der Waals surface area (Å²) in [5.74, 6) is -3.05. The summed E-state index contributed by atoms with van der Waals surface area (Å²) in [4.78, 5) is 45.1.